The van der Waals surface area contributed by atoms with E-state index in [1.807, 2.05) is 18.2 Å². The fourth-order valence-corrected chi connectivity index (χ4v) is 5.66. The smallest absolute Gasteiger partial charge is 0.0390 e. The maximum absolute atomic E-state index is 4.08. The molecule has 1 N–H and O–H groups in total. The molecule has 0 saturated carbocycles. The van der Waals surface area contributed by atoms with Crippen LogP contribution in [-0.4, -0.2) is 0 Å². The van der Waals surface area contributed by atoms with Crippen LogP contribution >= 0.6 is 0 Å². The van der Waals surface area contributed by atoms with Crippen molar-refractivity contribution in [1.29, 1.82) is 0 Å². The Morgan fingerprint density at radius 1 is 0.561 bits per heavy atom. The maximum atomic E-state index is 4.08. The summed E-state index contributed by atoms with van der Waals surface area (Å²) in [5.41, 5.74) is 6.95. The van der Waals surface area contributed by atoms with Crippen LogP contribution in [0, 0.1) is 5.92 Å². The molecule has 41 heavy (non-hydrogen) atoms. The van der Waals surface area contributed by atoms with Crippen molar-refractivity contribution in [1.82, 2.24) is 0 Å². The molecule has 0 aliphatic heterocycles. The van der Waals surface area contributed by atoms with Gasteiger partial charge in [0.25, 0.3) is 0 Å². The van der Waals surface area contributed by atoms with Crippen LogP contribution in [0.4, 0.5) is 11.4 Å². The SMILES string of the molecule is C=CC(/C=C/c1ccc(Nc2cccc(-c3cc4ccccc4c4ccccc34)c2)cc1)C(C=C)c1ccccc1. The number of anilines is 2. The zero-order chi connectivity index (χ0) is 28.0. The number of hydrogen-bond donors (Lipinski definition) is 1. The van der Waals surface area contributed by atoms with E-state index < -0.39 is 0 Å². The molecule has 0 radical (unpaired) electrons. The van der Waals surface area contributed by atoms with Crippen LogP contribution in [0.2, 0.25) is 0 Å². The Hall–Kier alpha value is -5.14. The fraction of sp³-hybridized carbons (Fsp3) is 0.0500. The normalized spacial score (nSPS) is 12.8. The summed E-state index contributed by atoms with van der Waals surface area (Å²) in [6.45, 7) is 8.16. The van der Waals surface area contributed by atoms with E-state index in [-0.39, 0.29) is 11.8 Å². The molecule has 2 atom stereocenters. The van der Waals surface area contributed by atoms with Crippen molar-refractivity contribution in [2.45, 2.75) is 5.92 Å². The zero-order valence-corrected chi connectivity index (χ0v) is 23.1. The Labute approximate surface area is 242 Å². The lowest BCUT2D eigenvalue weighted by atomic mass is 9.85. The molecule has 6 rings (SSSR count). The topological polar surface area (TPSA) is 12.0 Å². The largest absolute Gasteiger partial charge is 0.356 e. The van der Waals surface area contributed by atoms with E-state index >= 15 is 0 Å². The molecule has 198 valence electrons. The van der Waals surface area contributed by atoms with Crippen molar-refractivity contribution in [3.63, 3.8) is 0 Å². The minimum absolute atomic E-state index is 0.168. The van der Waals surface area contributed by atoms with Gasteiger partial charge in [0.05, 0.1) is 0 Å². The molecular formula is C40H33N. The van der Waals surface area contributed by atoms with Crippen molar-refractivity contribution in [3.05, 3.63) is 176 Å². The van der Waals surface area contributed by atoms with Crippen LogP contribution in [0.5, 0.6) is 0 Å². The predicted molar refractivity (Wildman–Crippen MR) is 179 cm³/mol. The van der Waals surface area contributed by atoms with Crippen molar-refractivity contribution < 1.29 is 0 Å². The van der Waals surface area contributed by atoms with Crippen LogP contribution in [0.3, 0.4) is 0 Å². The molecule has 2 unspecified atom stereocenters. The minimum atomic E-state index is 0.168. The summed E-state index contributed by atoms with van der Waals surface area (Å²) in [5.74, 6) is 0.361. The molecule has 0 aromatic heterocycles. The number of nitrogens with one attached hydrogen (secondary N) is 1. The highest BCUT2D eigenvalue weighted by Crippen LogP contribution is 2.36. The van der Waals surface area contributed by atoms with E-state index in [4.69, 9.17) is 0 Å². The molecule has 0 amide bonds. The van der Waals surface area contributed by atoms with Gasteiger partial charge in [0.2, 0.25) is 0 Å². The van der Waals surface area contributed by atoms with Crippen molar-refractivity contribution in [2.75, 3.05) is 5.32 Å². The van der Waals surface area contributed by atoms with Crippen LogP contribution in [0.1, 0.15) is 17.0 Å². The van der Waals surface area contributed by atoms with Crippen LogP contribution in [0.25, 0.3) is 38.7 Å². The number of allylic oxidation sites excluding steroid dienone is 3. The summed E-state index contributed by atoms with van der Waals surface area (Å²) in [6.07, 6.45) is 8.39. The predicted octanol–water partition coefficient (Wildman–Crippen LogP) is 11.2. The van der Waals surface area contributed by atoms with Gasteiger partial charge in [-0.15, -0.1) is 13.2 Å². The fourth-order valence-electron chi connectivity index (χ4n) is 5.66. The third kappa shape index (κ3) is 5.62. The van der Waals surface area contributed by atoms with Gasteiger partial charge < -0.3 is 5.32 Å². The highest BCUT2D eigenvalue weighted by atomic mass is 14.9. The molecule has 6 aromatic carbocycles. The quantitative estimate of drug-likeness (QED) is 0.146. The van der Waals surface area contributed by atoms with E-state index in [1.165, 1.54) is 38.2 Å². The summed E-state index contributed by atoms with van der Waals surface area (Å²) in [6, 6.07) is 47.3. The Kier molecular flexibility index (Phi) is 7.60. The third-order valence-electron chi connectivity index (χ3n) is 7.78. The lowest BCUT2D eigenvalue weighted by Gasteiger charge is -2.19. The van der Waals surface area contributed by atoms with Crippen molar-refractivity contribution >= 4 is 39.0 Å². The van der Waals surface area contributed by atoms with E-state index in [1.54, 1.807) is 0 Å². The first-order valence-corrected chi connectivity index (χ1v) is 14.1. The van der Waals surface area contributed by atoms with Gasteiger partial charge in [0, 0.05) is 23.2 Å². The Balaban J connectivity index is 1.22. The molecule has 0 aliphatic rings. The van der Waals surface area contributed by atoms with E-state index in [0.717, 1.165) is 16.9 Å². The average molecular weight is 528 g/mol. The monoisotopic (exact) mass is 527 g/mol. The molecule has 0 aliphatic carbocycles. The van der Waals surface area contributed by atoms with Gasteiger partial charge in [-0.3, -0.25) is 0 Å². The van der Waals surface area contributed by atoms with Crippen molar-refractivity contribution in [2.24, 2.45) is 5.92 Å². The summed E-state index contributed by atoms with van der Waals surface area (Å²) in [4.78, 5) is 0. The summed E-state index contributed by atoms with van der Waals surface area (Å²) in [5, 5.41) is 8.69. The molecule has 0 spiro atoms. The van der Waals surface area contributed by atoms with E-state index in [0.29, 0.717) is 0 Å². The van der Waals surface area contributed by atoms with Gasteiger partial charge in [0.15, 0.2) is 0 Å². The Morgan fingerprint density at radius 3 is 2.02 bits per heavy atom. The van der Waals surface area contributed by atoms with Crippen LogP contribution in [0.15, 0.2) is 165 Å². The second-order valence-electron chi connectivity index (χ2n) is 10.4. The van der Waals surface area contributed by atoms with Gasteiger partial charge in [-0.1, -0.05) is 127 Å². The Morgan fingerprint density at radius 2 is 1.27 bits per heavy atom. The first kappa shape index (κ1) is 26.1. The molecule has 6 aromatic rings. The van der Waals surface area contributed by atoms with Gasteiger partial charge in [-0.2, -0.15) is 0 Å². The highest BCUT2D eigenvalue weighted by Gasteiger charge is 2.15. The first-order valence-electron chi connectivity index (χ1n) is 14.1. The molecule has 0 bridgehead atoms. The second-order valence-corrected chi connectivity index (χ2v) is 10.4. The van der Waals surface area contributed by atoms with Gasteiger partial charge >= 0.3 is 0 Å². The molecule has 0 saturated heterocycles. The van der Waals surface area contributed by atoms with Crippen molar-refractivity contribution in [3.8, 4) is 11.1 Å². The maximum Gasteiger partial charge on any atom is 0.0390 e. The van der Waals surface area contributed by atoms with Crippen LogP contribution < -0.4 is 5.32 Å². The lowest BCUT2D eigenvalue weighted by Crippen LogP contribution is -2.05. The van der Waals surface area contributed by atoms with E-state index in [2.05, 4.69) is 158 Å². The number of benzene rings is 6. The first-order chi connectivity index (χ1) is 20.2. The minimum Gasteiger partial charge on any atom is -0.356 e. The molecule has 1 heteroatoms. The van der Waals surface area contributed by atoms with E-state index in [9.17, 15) is 0 Å². The number of rotatable bonds is 9. The Bertz CT molecular complexity index is 1840. The lowest BCUT2D eigenvalue weighted by molar-refractivity contribution is 0.713. The second kappa shape index (κ2) is 11.9. The van der Waals surface area contributed by atoms with Gasteiger partial charge in [-0.25, -0.2) is 0 Å². The third-order valence-corrected chi connectivity index (χ3v) is 7.78. The van der Waals surface area contributed by atoms with Crippen LogP contribution in [-0.2, 0) is 0 Å². The van der Waals surface area contributed by atoms with Gasteiger partial charge in [-0.05, 0) is 74.1 Å². The number of fused-ring (bicyclic) bond motifs is 3. The molecule has 1 nitrogen and oxygen atoms in total. The summed E-state index contributed by atoms with van der Waals surface area (Å²) < 4.78 is 0. The molecule has 0 heterocycles. The molecular weight excluding hydrogens is 494 g/mol. The highest BCUT2D eigenvalue weighted by molar-refractivity contribution is 6.13. The summed E-state index contributed by atoms with van der Waals surface area (Å²) >= 11 is 0. The standard InChI is InChI=1S/C40H33N/c1-3-30(36(4-2)31-13-6-5-7-14-31)24-21-29-22-25-34(26-23-29)41-35-17-12-16-32(27-35)40-28-33-15-8-9-18-37(33)38-19-10-11-20-39(38)40/h3-28,30,36,41H,1-2H2/b24-21+. The zero-order valence-electron chi connectivity index (χ0n) is 23.1. The summed E-state index contributed by atoms with van der Waals surface area (Å²) in [7, 11) is 0. The number of hydrogen-bond acceptors (Lipinski definition) is 1. The average Bonchev–Trinajstić information content (AvgIpc) is 3.04. The van der Waals surface area contributed by atoms with Gasteiger partial charge in [0.1, 0.15) is 0 Å². The molecule has 0 fully saturated rings.